The van der Waals surface area contributed by atoms with Gasteiger partial charge in [0.15, 0.2) is 0 Å². The first kappa shape index (κ1) is 10.8. The third kappa shape index (κ3) is 1.42. The predicted octanol–water partition coefficient (Wildman–Crippen LogP) is 0.485. The molecule has 5 heteroatoms. The van der Waals surface area contributed by atoms with Gasteiger partial charge < -0.3 is 19.7 Å². The fraction of sp³-hybridized carbons (Fsp3) is 0.583. The highest BCUT2D eigenvalue weighted by molar-refractivity contribution is 5.86. The molecule has 1 fully saturated rings. The molecule has 0 aliphatic carbocycles. The Kier molecular flexibility index (Phi) is 2.27. The second-order valence-corrected chi connectivity index (χ2v) is 4.95. The minimum Gasteiger partial charge on any atom is -0.477 e. The van der Waals surface area contributed by atoms with Crippen molar-refractivity contribution in [3.05, 3.63) is 23.0 Å². The van der Waals surface area contributed by atoms with Crippen LogP contribution in [0, 0.1) is 0 Å². The van der Waals surface area contributed by atoms with Crippen LogP contribution in [0.2, 0.25) is 0 Å². The third-order valence-corrected chi connectivity index (χ3v) is 3.92. The van der Waals surface area contributed by atoms with Crippen molar-refractivity contribution in [3.8, 4) is 0 Å². The lowest BCUT2D eigenvalue weighted by atomic mass is 9.79. The van der Waals surface area contributed by atoms with Crippen molar-refractivity contribution >= 4 is 5.97 Å². The predicted molar refractivity (Wildman–Crippen MR) is 61.2 cm³/mol. The molecule has 0 bridgehead atoms. The quantitative estimate of drug-likeness (QED) is 0.744. The largest absolute Gasteiger partial charge is 0.477 e. The number of fused-ring (bicyclic) bond motifs is 2. The van der Waals surface area contributed by atoms with Gasteiger partial charge in [-0.2, -0.15) is 0 Å². The number of ether oxygens (including phenoxy) is 1. The van der Waals surface area contributed by atoms with Crippen LogP contribution >= 0.6 is 0 Å². The van der Waals surface area contributed by atoms with Gasteiger partial charge in [-0.25, -0.2) is 4.79 Å². The number of hydrogen-bond donors (Lipinski definition) is 2. The molecule has 1 aromatic heterocycles. The summed E-state index contributed by atoms with van der Waals surface area (Å²) in [6.45, 7) is 3.06. The molecule has 1 saturated heterocycles. The standard InChI is InChI=1S/C12H16N2O3/c1-14-9(11(15)16)4-8-5-13-6-12(10(8)14)2-3-17-7-12/h4,13H,2-3,5-7H2,1H3,(H,15,16). The fourth-order valence-corrected chi connectivity index (χ4v) is 3.16. The Morgan fingerprint density at radius 2 is 2.47 bits per heavy atom. The molecule has 1 atom stereocenters. The number of carboxylic acid groups (broad SMARTS) is 1. The summed E-state index contributed by atoms with van der Waals surface area (Å²) in [5.41, 5.74) is 2.58. The molecule has 0 radical (unpaired) electrons. The Hall–Kier alpha value is -1.33. The van der Waals surface area contributed by atoms with E-state index in [2.05, 4.69) is 5.32 Å². The molecule has 1 spiro atoms. The minimum absolute atomic E-state index is 0.0317. The number of aromatic nitrogens is 1. The Labute approximate surface area is 99.4 Å². The van der Waals surface area contributed by atoms with Crippen molar-refractivity contribution in [2.24, 2.45) is 7.05 Å². The number of rotatable bonds is 1. The first-order chi connectivity index (χ1) is 8.14. The molecule has 2 aliphatic rings. The van der Waals surface area contributed by atoms with E-state index in [1.807, 2.05) is 11.6 Å². The summed E-state index contributed by atoms with van der Waals surface area (Å²) in [4.78, 5) is 11.2. The average molecular weight is 236 g/mol. The van der Waals surface area contributed by atoms with Gasteiger partial charge in [0.25, 0.3) is 0 Å². The van der Waals surface area contributed by atoms with E-state index in [1.54, 1.807) is 6.07 Å². The highest BCUT2D eigenvalue weighted by Crippen LogP contribution is 2.38. The Balaban J connectivity index is 2.16. The summed E-state index contributed by atoms with van der Waals surface area (Å²) < 4.78 is 7.35. The summed E-state index contributed by atoms with van der Waals surface area (Å²) in [5, 5.41) is 12.5. The van der Waals surface area contributed by atoms with Crippen molar-refractivity contribution in [1.82, 2.24) is 9.88 Å². The van der Waals surface area contributed by atoms with Gasteiger partial charge in [0.2, 0.25) is 0 Å². The SMILES string of the molecule is Cn1c(C(=O)O)cc2c1C1(CCOC1)CNC2. The zero-order valence-corrected chi connectivity index (χ0v) is 9.82. The molecule has 2 N–H and O–H groups in total. The van der Waals surface area contributed by atoms with E-state index in [0.29, 0.717) is 12.3 Å². The van der Waals surface area contributed by atoms with Crippen LogP contribution in [0.15, 0.2) is 6.07 Å². The maximum Gasteiger partial charge on any atom is 0.352 e. The van der Waals surface area contributed by atoms with E-state index in [1.165, 1.54) is 0 Å². The fourth-order valence-electron chi connectivity index (χ4n) is 3.16. The van der Waals surface area contributed by atoms with Crippen molar-refractivity contribution in [1.29, 1.82) is 0 Å². The summed E-state index contributed by atoms with van der Waals surface area (Å²) in [6, 6.07) is 1.78. The van der Waals surface area contributed by atoms with Crippen molar-refractivity contribution in [2.45, 2.75) is 18.4 Å². The molecule has 1 aromatic rings. The zero-order chi connectivity index (χ0) is 12.0. The first-order valence-electron chi connectivity index (χ1n) is 5.85. The van der Waals surface area contributed by atoms with E-state index >= 15 is 0 Å². The molecule has 0 amide bonds. The van der Waals surface area contributed by atoms with Crippen LogP contribution in [0.5, 0.6) is 0 Å². The summed E-state index contributed by atoms with van der Waals surface area (Å²) >= 11 is 0. The molecular formula is C12H16N2O3. The van der Waals surface area contributed by atoms with Gasteiger partial charge in [-0.3, -0.25) is 0 Å². The third-order valence-electron chi connectivity index (χ3n) is 3.92. The molecular weight excluding hydrogens is 220 g/mol. The lowest BCUT2D eigenvalue weighted by Gasteiger charge is -2.34. The van der Waals surface area contributed by atoms with E-state index in [-0.39, 0.29) is 5.41 Å². The first-order valence-corrected chi connectivity index (χ1v) is 5.85. The monoisotopic (exact) mass is 236 g/mol. The highest BCUT2D eigenvalue weighted by atomic mass is 16.5. The lowest BCUT2D eigenvalue weighted by Crippen LogP contribution is -2.44. The van der Waals surface area contributed by atoms with Crippen LogP contribution in [-0.4, -0.2) is 35.4 Å². The smallest absolute Gasteiger partial charge is 0.352 e. The zero-order valence-electron chi connectivity index (χ0n) is 9.82. The van der Waals surface area contributed by atoms with Crippen molar-refractivity contribution < 1.29 is 14.6 Å². The topological polar surface area (TPSA) is 63.5 Å². The number of nitrogens with zero attached hydrogens (tertiary/aromatic N) is 1. The van der Waals surface area contributed by atoms with Gasteiger partial charge in [0.05, 0.1) is 6.61 Å². The number of carbonyl (C=O) groups is 1. The molecule has 5 nitrogen and oxygen atoms in total. The van der Waals surface area contributed by atoms with E-state index in [9.17, 15) is 9.90 Å². The van der Waals surface area contributed by atoms with Gasteiger partial charge in [-0.15, -0.1) is 0 Å². The Morgan fingerprint density at radius 1 is 1.65 bits per heavy atom. The number of aromatic carboxylic acids is 1. The number of hydrogen-bond acceptors (Lipinski definition) is 3. The van der Waals surface area contributed by atoms with E-state index < -0.39 is 5.97 Å². The maximum absolute atomic E-state index is 11.2. The van der Waals surface area contributed by atoms with Gasteiger partial charge >= 0.3 is 5.97 Å². The molecule has 2 aliphatic heterocycles. The van der Waals surface area contributed by atoms with Crippen LogP contribution in [0.3, 0.4) is 0 Å². The van der Waals surface area contributed by atoms with Gasteiger partial charge in [-0.05, 0) is 18.1 Å². The van der Waals surface area contributed by atoms with Crippen LogP contribution in [-0.2, 0) is 23.7 Å². The normalized spacial score (nSPS) is 27.4. The van der Waals surface area contributed by atoms with Gasteiger partial charge in [0, 0.05) is 37.9 Å². The summed E-state index contributed by atoms with van der Waals surface area (Å²) in [7, 11) is 1.84. The summed E-state index contributed by atoms with van der Waals surface area (Å²) in [5.74, 6) is -0.865. The van der Waals surface area contributed by atoms with Crippen LogP contribution < -0.4 is 5.32 Å². The molecule has 3 rings (SSSR count). The Morgan fingerprint density at radius 3 is 3.12 bits per heavy atom. The molecule has 92 valence electrons. The van der Waals surface area contributed by atoms with Gasteiger partial charge in [0.1, 0.15) is 5.69 Å². The molecule has 17 heavy (non-hydrogen) atoms. The highest BCUT2D eigenvalue weighted by Gasteiger charge is 2.43. The second-order valence-electron chi connectivity index (χ2n) is 4.95. The molecule has 0 aromatic carbocycles. The van der Waals surface area contributed by atoms with Crippen LogP contribution in [0.1, 0.15) is 28.2 Å². The average Bonchev–Trinajstić information content (AvgIpc) is 2.86. The minimum atomic E-state index is -0.865. The van der Waals surface area contributed by atoms with Crippen LogP contribution in [0.25, 0.3) is 0 Å². The Bertz CT molecular complexity index is 472. The molecule has 0 saturated carbocycles. The molecule has 3 heterocycles. The number of carboxylic acids is 1. The maximum atomic E-state index is 11.2. The molecule has 1 unspecified atom stereocenters. The van der Waals surface area contributed by atoms with E-state index in [0.717, 1.165) is 37.4 Å². The van der Waals surface area contributed by atoms with Crippen LogP contribution in [0.4, 0.5) is 0 Å². The summed E-state index contributed by atoms with van der Waals surface area (Å²) in [6.07, 6.45) is 0.962. The van der Waals surface area contributed by atoms with Gasteiger partial charge in [-0.1, -0.05) is 0 Å². The van der Waals surface area contributed by atoms with Crippen molar-refractivity contribution in [2.75, 3.05) is 19.8 Å². The van der Waals surface area contributed by atoms with Crippen molar-refractivity contribution in [3.63, 3.8) is 0 Å². The van der Waals surface area contributed by atoms with E-state index in [4.69, 9.17) is 4.74 Å². The number of nitrogens with one attached hydrogen (secondary N) is 1. The second kappa shape index (κ2) is 3.58. The lowest BCUT2D eigenvalue weighted by molar-refractivity contribution is 0.0685.